The first-order chi connectivity index (χ1) is 5.79. The maximum atomic E-state index is 10.3. The Labute approximate surface area is 121 Å². The van der Waals surface area contributed by atoms with Gasteiger partial charge in [-0.25, -0.2) is 0 Å². The molecule has 0 saturated heterocycles. The van der Waals surface area contributed by atoms with E-state index in [2.05, 4.69) is 0 Å². The molecule has 0 rings (SSSR count). The third kappa shape index (κ3) is 6.63. The van der Waals surface area contributed by atoms with Crippen LogP contribution in [0.15, 0.2) is 11.8 Å². The molecule has 0 aliphatic rings. The fourth-order valence-corrected chi connectivity index (χ4v) is 0.665. The third-order valence-electron chi connectivity index (χ3n) is 1.15. The monoisotopic (exact) mass is 209 g/mol. The Bertz CT molecular complexity index is 182. The Morgan fingerprint density at radius 1 is 1.46 bits per heavy atom. The molecule has 5 heteroatoms. The maximum Gasteiger partial charge on any atom is 1.00 e. The van der Waals surface area contributed by atoms with Crippen molar-refractivity contribution in [3.8, 4) is 6.07 Å². The van der Waals surface area contributed by atoms with E-state index in [-0.39, 0.29) is 57.0 Å². The first kappa shape index (κ1) is 16.0. The van der Waals surface area contributed by atoms with Crippen LogP contribution in [0.1, 0.15) is 13.8 Å². The zero-order valence-corrected chi connectivity index (χ0v) is 11.4. The van der Waals surface area contributed by atoms with E-state index in [1.165, 1.54) is 0 Å². The predicted molar refractivity (Wildman–Crippen MR) is 40.7 cm³/mol. The molecular weight excluding hydrogens is 197 g/mol. The van der Waals surface area contributed by atoms with Crippen molar-refractivity contribution >= 4 is 0 Å². The van der Waals surface area contributed by atoms with Gasteiger partial charge in [0.2, 0.25) is 0 Å². The first-order valence-corrected chi connectivity index (χ1v) is 3.75. The van der Waals surface area contributed by atoms with Crippen molar-refractivity contribution in [3.05, 3.63) is 11.8 Å². The Morgan fingerprint density at radius 2 is 1.92 bits per heavy atom. The summed E-state index contributed by atoms with van der Waals surface area (Å²) in [7, 11) is 0. The van der Waals surface area contributed by atoms with E-state index in [1.54, 1.807) is 19.9 Å². The standard InChI is InChI=1S/C8H13NO3.K/c1-3-11-8(12-4-2)7(5-9)6-10;/h6,8,10H,3-4H2,1-2H3;/q;+1/p-1/b7-6+;. The van der Waals surface area contributed by atoms with Gasteiger partial charge in [0.1, 0.15) is 0 Å². The molecule has 0 bridgehead atoms. The topological polar surface area (TPSA) is 65.3 Å². The van der Waals surface area contributed by atoms with Crippen LogP contribution < -0.4 is 56.5 Å². The van der Waals surface area contributed by atoms with Gasteiger partial charge in [-0.3, -0.25) is 0 Å². The molecule has 0 aromatic heterocycles. The van der Waals surface area contributed by atoms with E-state index in [0.29, 0.717) is 19.5 Å². The van der Waals surface area contributed by atoms with E-state index in [0.717, 1.165) is 0 Å². The summed E-state index contributed by atoms with van der Waals surface area (Å²) < 4.78 is 10.0. The molecule has 0 saturated carbocycles. The summed E-state index contributed by atoms with van der Waals surface area (Å²) in [5.74, 6) is 0. The van der Waals surface area contributed by atoms with Crippen LogP contribution in [0.5, 0.6) is 0 Å². The Morgan fingerprint density at radius 3 is 2.15 bits per heavy atom. The van der Waals surface area contributed by atoms with Gasteiger partial charge in [-0.15, -0.1) is 6.26 Å². The number of rotatable bonds is 5. The second kappa shape index (κ2) is 10.7. The minimum Gasteiger partial charge on any atom is -0.877 e. The summed E-state index contributed by atoms with van der Waals surface area (Å²) in [6, 6.07) is 1.72. The van der Waals surface area contributed by atoms with Gasteiger partial charge in [-0.2, -0.15) is 5.26 Å². The summed E-state index contributed by atoms with van der Waals surface area (Å²) in [6.45, 7) is 4.35. The van der Waals surface area contributed by atoms with Crippen molar-refractivity contribution in [3.63, 3.8) is 0 Å². The average Bonchev–Trinajstić information content (AvgIpc) is 2.07. The fraction of sp³-hybridized carbons (Fsp3) is 0.625. The van der Waals surface area contributed by atoms with Gasteiger partial charge in [0, 0.05) is 13.2 Å². The Balaban J connectivity index is 0. The minimum absolute atomic E-state index is 0. The van der Waals surface area contributed by atoms with Crippen LogP contribution in [-0.4, -0.2) is 19.5 Å². The van der Waals surface area contributed by atoms with E-state index in [4.69, 9.17) is 14.7 Å². The number of nitrogens with zero attached hydrogens (tertiary/aromatic N) is 1. The minimum atomic E-state index is -0.803. The van der Waals surface area contributed by atoms with Gasteiger partial charge in [0.25, 0.3) is 0 Å². The van der Waals surface area contributed by atoms with E-state index < -0.39 is 6.29 Å². The quantitative estimate of drug-likeness (QED) is 0.212. The summed E-state index contributed by atoms with van der Waals surface area (Å²) in [6.07, 6.45) is -0.349. The molecule has 0 spiro atoms. The number of hydrogen-bond acceptors (Lipinski definition) is 4. The fourth-order valence-electron chi connectivity index (χ4n) is 0.665. The molecule has 68 valence electrons. The van der Waals surface area contributed by atoms with Crippen molar-refractivity contribution in [1.82, 2.24) is 0 Å². The number of ether oxygens (including phenoxy) is 2. The Kier molecular flexibility index (Phi) is 13.2. The molecule has 13 heavy (non-hydrogen) atoms. The predicted octanol–water partition coefficient (Wildman–Crippen LogP) is -2.84. The van der Waals surface area contributed by atoms with Gasteiger partial charge in [0.05, 0.1) is 11.6 Å². The van der Waals surface area contributed by atoms with E-state index in [1.807, 2.05) is 0 Å². The van der Waals surface area contributed by atoms with Crippen LogP contribution in [0, 0.1) is 11.3 Å². The van der Waals surface area contributed by atoms with Crippen LogP contribution in [-0.2, 0) is 9.47 Å². The number of hydrogen-bond donors (Lipinski definition) is 0. The van der Waals surface area contributed by atoms with Gasteiger partial charge in [0.15, 0.2) is 6.29 Å². The van der Waals surface area contributed by atoms with Crippen molar-refractivity contribution in [2.45, 2.75) is 20.1 Å². The SMILES string of the molecule is CCOC(OCC)/C(C#N)=C/[O-].[K+]. The maximum absolute atomic E-state index is 10.3. The van der Waals surface area contributed by atoms with Gasteiger partial charge >= 0.3 is 51.4 Å². The zero-order chi connectivity index (χ0) is 9.40. The van der Waals surface area contributed by atoms with Crippen LogP contribution in [0.3, 0.4) is 0 Å². The van der Waals surface area contributed by atoms with E-state index in [9.17, 15) is 5.11 Å². The molecule has 4 nitrogen and oxygen atoms in total. The van der Waals surface area contributed by atoms with Crippen LogP contribution in [0.4, 0.5) is 0 Å². The summed E-state index contributed by atoms with van der Waals surface area (Å²) in [5.41, 5.74) is -0.0290. The molecular formula is C8H12KNO3. The summed E-state index contributed by atoms with van der Waals surface area (Å²) in [4.78, 5) is 0. The summed E-state index contributed by atoms with van der Waals surface area (Å²) >= 11 is 0. The summed E-state index contributed by atoms with van der Waals surface area (Å²) in [5, 5.41) is 18.8. The largest absolute Gasteiger partial charge is 1.00 e. The second-order valence-corrected chi connectivity index (χ2v) is 1.93. The molecule has 0 aliphatic heterocycles. The molecule has 0 atom stereocenters. The third-order valence-corrected chi connectivity index (χ3v) is 1.15. The molecule has 0 aromatic carbocycles. The molecule has 0 radical (unpaired) electrons. The van der Waals surface area contributed by atoms with Crippen molar-refractivity contribution in [2.24, 2.45) is 0 Å². The van der Waals surface area contributed by atoms with Crippen LogP contribution in [0.2, 0.25) is 0 Å². The smallest absolute Gasteiger partial charge is 0.877 e. The molecule has 0 heterocycles. The van der Waals surface area contributed by atoms with Crippen molar-refractivity contribution in [1.29, 1.82) is 5.26 Å². The molecule has 0 aliphatic carbocycles. The van der Waals surface area contributed by atoms with Crippen LogP contribution >= 0.6 is 0 Å². The van der Waals surface area contributed by atoms with Gasteiger partial charge in [-0.1, -0.05) is 0 Å². The average molecular weight is 209 g/mol. The van der Waals surface area contributed by atoms with Gasteiger partial charge in [-0.05, 0) is 13.8 Å². The van der Waals surface area contributed by atoms with Crippen molar-refractivity contribution < 1.29 is 66.0 Å². The first-order valence-electron chi connectivity index (χ1n) is 3.75. The Hall–Kier alpha value is 0.586. The second-order valence-electron chi connectivity index (χ2n) is 1.93. The molecule has 0 N–H and O–H groups in total. The van der Waals surface area contributed by atoms with Crippen molar-refractivity contribution in [2.75, 3.05) is 13.2 Å². The normalized spacial score (nSPS) is 10.8. The van der Waals surface area contributed by atoms with Gasteiger partial charge < -0.3 is 14.6 Å². The van der Waals surface area contributed by atoms with E-state index >= 15 is 0 Å². The molecule has 0 fully saturated rings. The molecule has 0 unspecified atom stereocenters. The molecule has 0 aromatic rings. The zero-order valence-electron chi connectivity index (χ0n) is 8.24. The molecule has 0 amide bonds. The number of nitriles is 1. The van der Waals surface area contributed by atoms with Crippen LogP contribution in [0.25, 0.3) is 0 Å².